The van der Waals surface area contributed by atoms with Crippen LogP contribution in [0.3, 0.4) is 0 Å². The number of carbonyl (C=O) groups is 2. The molecule has 1 aliphatic carbocycles. The van der Waals surface area contributed by atoms with E-state index >= 15 is 0 Å². The smallest absolute Gasteiger partial charge is 0.446 e. The van der Waals surface area contributed by atoms with E-state index in [0.29, 0.717) is 44.3 Å². The zero-order chi connectivity index (χ0) is 25.9. The number of likely N-dealkylation sites (tertiary alicyclic amines) is 1. The van der Waals surface area contributed by atoms with Gasteiger partial charge in [-0.05, 0) is 51.3 Å². The highest BCUT2D eigenvalue weighted by Gasteiger charge is 2.45. The summed E-state index contributed by atoms with van der Waals surface area (Å²) < 4.78 is 47.9. The lowest BCUT2D eigenvalue weighted by Crippen LogP contribution is -2.51. The van der Waals surface area contributed by atoms with Crippen molar-refractivity contribution in [2.75, 3.05) is 13.1 Å². The Morgan fingerprint density at radius 1 is 1.11 bits per heavy atom. The molecule has 10 heteroatoms. The number of rotatable bonds is 5. The first kappa shape index (κ1) is 27.1. The molecule has 1 unspecified atom stereocenters. The molecule has 2 amide bonds. The number of ether oxygens (including phenoxy) is 2. The van der Waals surface area contributed by atoms with Crippen molar-refractivity contribution >= 4 is 12.0 Å². The minimum absolute atomic E-state index is 0.295. The molecule has 2 fully saturated rings. The van der Waals surface area contributed by atoms with E-state index in [1.54, 1.807) is 11.0 Å². The predicted molar refractivity (Wildman–Crippen MR) is 123 cm³/mol. The third-order valence-corrected chi connectivity index (χ3v) is 6.43. The van der Waals surface area contributed by atoms with Crippen LogP contribution in [0.1, 0.15) is 77.2 Å². The number of benzene rings is 1. The van der Waals surface area contributed by atoms with Crippen molar-refractivity contribution < 1.29 is 37.3 Å². The van der Waals surface area contributed by atoms with E-state index in [4.69, 9.17) is 4.74 Å². The third-order valence-electron chi connectivity index (χ3n) is 6.43. The first-order valence-electron chi connectivity index (χ1n) is 12.1. The number of piperidine rings is 1. The van der Waals surface area contributed by atoms with Gasteiger partial charge in [-0.15, -0.1) is 13.2 Å². The molecule has 0 radical (unpaired) electrons. The fourth-order valence-corrected chi connectivity index (χ4v) is 4.89. The van der Waals surface area contributed by atoms with Crippen LogP contribution in [0.4, 0.5) is 18.0 Å². The van der Waals surface area contributed by atoms with Crippen LogP contribution in [-0.4, -0.2) is 58.7 Å². The van der Waals surface area contributed by atoms with E-state index < -0.39 is 35.3 Å². The number of hydrogen-bond donors (Lipinski definition) is 2. The van der Waals surface area contributed by atoms with Crippen LogP contribution in [-0.2, 0) is 9.53 Å². The van der Waals surface area contributed by atoms with Gasteiger partial charge in [0.15, 0.2) is 0 Å². The van der Waals surface area contributed by atoms with Crippen molar-refractivity contribution in [1.82, 2.24) is 10.2 Å². The lowest BCUT2D eigenvalue weighted by molar-refractivity contribution is -0.274. The molecule has 7 nitrogen and oxygen atoms in total. The van der Waals surface area contributed by atoms with E-state index in [-0.39, 0.29) is 12.0 Å². The maximum atomic E-state index is 13.7. The van der Waals surface area contributed by atoms with Crippen molar-refractivity contribution in [3.63, 3.8) is 0 Å². The monoisotopic (exact) mass is 500 g/mol. The highest BCUT2D eigenvalue weighted by Crippen LogP contribution is 2.42. The topological polar surface area (TPSA) is 88.1 Å². The van der Waals surface area contributed by atoms with Gasteiger partial charge in [-0.1, -0.05) is 31.4 Å². The van der Waals surface area contributed by atoms with E-state index in [9.17, 15) is 27.9 Å². The van der Waals surface area contributed by atoms with Crippen molar-refractivity contribution in [1.29, 1.82) is 0 Å². The van der Waals surface area contributed by atoms with Gasteiger partial charge < -0.3 is 24.8 Å². The highest BCUT2D eigenvalue weighted by atomic mass is 19.4. The van der Waals surface area contributed by atoms with Crippen LogP contribution in [0.15, 0.2) is 24.3 Å². The summed E-state index contributed by atoms with van der Waals surface area (Å²) in [7, 11) is 0. The maximum Gasteiger partial charge on any atom is 0.573 e. The SMILES string of the molecule is CC(C)(C)NC(=O)OC1CCN(C(=O)C(c2cccc(OC(F)(F)F)c2)C2(O)CCCCC2)CC1. The molecule has 1 aromatic rings. The van der Waals surface area contributed by atoms with E-state index in [2.05, 4.69) is 10.1 Å². The summed E-state index contributed by atoms with van der Waals surface area (Å²) >= 11 is 0. The molecule has 3 rings (SSSR count). The van der Waals surface area contributed by atoms with E-state index in [1.165, 1.54) is 18.2 Å². The average Bonchev–Trinajstić information content (AvgIpc) is 2.72. The molecular formula is C25H35F3N2O5. The molecule has 2 N–H and O–H groups in total. The second-order valence-corrected chi connectivity index (χ2v) is 10.5. The van der Waals surface area contributed by atoms with Crippen LogP contribution in [0.25, 0.3) is 0 Å². The van der Waals surface area contributed by atoms with Crippen molar-refractivity contribution in [2.45, 2.75) is 95.2 Å². The number of amides is 2. The maximum absolute atomic E-state index is 13.7. The van der Waals surface area contributed by atoms with Crippen LogP contribution >= 0.6 is 0 Å². The first-order chi connectivity index (χ1) is 16.3. The first-order valence-corrected chi connectivity index (χ1v) is 12.1. The highest BCUT2D eigenvalue weighted by molar-refractivity contribution is 5.85. The Hall–Kier alpha value is -2.49. The van der Waals surface area contributed by atoms with Crippen molar-refractivity contribution in [3.8, 4) is 5.75 Å². The number of alkyl carbamates (subject to hydrolysis) is 1. The molecule has 1 saturated heterocycles. The Labute approximate surface area is 204 Å². The quantitative estimate of drug-likeness (QED) is 0.602. The number of aliphatic hydroxyl groups is 1. The second kappa shape index (κ2) is 10.6. The van der Waals surface area contributed by atoms with Crippen LogP contribution in [0.2, 0.25) is 0 Å². The summed E-state index contributed by atoms with van der Waals surface area (Å²) in [6.45, 7) is 6.18. The number of alkyl halides is 3. The van der Waals surface area contributed by atoms with Gasteiger partial charge in [0.1, 0.15) is 11.9 Å². The molecule has 0 aromatic heterocycles. The zero-order valence-electron chi connectivity index (χ0n) is 20.5. The van der Waals surface area contributed by atoms with Crippen molar-refractivity contribution in [2.24, 2.45) is 0 Å². The predicted octanol–water partition coefficient (Wildman–Crippen LogP) is 4.88. The second-order valence-electron chi connectivity index (χ2n) is 10.5. The minimum atomic E-state index is -4.86. The van der Waals surface area contributed by atoms with E-state index in [0.717, 1.165) is 19.3 Å². The normalized spacial score (nSPS) is 20.1. The van der Waals surface area contributed by atoms with Gasteiger partial charge in [-0.3, -0.25) is 4.79 Å². The molecule has 0 spiro atoms. The zero-order valence-corrected chi connectivity index (χ0v) is 20.5. The Bertz CT molecular complexity index is 886. The van der Waals surface area contributed by atoms with Gasteiger partial charge in [0.05, 0.1) is 11.5 Å². The fraction of sp³-hybridized carbons (Fsp3) is 0.680. The van der Waals surface area contributed by atoms with Gasteiger partial charge in [0.25, 0.3) is 0 Å². The van der Waals surface area contributed by atoms with E-state index in [1.807, 2.05) is 20.8 Å². The Balaban J connectivity index is 1.75. The number of nitrogens with zero attached hydrogens (tertiary/aromatic N) is 1. The Morgan fingerprint density at radius 3 is 2.31 bits per heavy atom. The summed E-state index contributed by atoms with van der Waals surface area (Å²) in [6.07, 6.45) is -1.67. The number of nitrogens with one attached hydrogen (secondary N) is 1. The summed E-state index contributed by atoms with van der Waals surface area (Å²) in [5.41, 5.74) is -1.49. The number of carbonyl (C=O) groups excluding carboxylic acids is 2. The van der Waals surface area contributed by atoms with Crippen LogP contribution in [0.5, 0.6) is 5.75 Å². The molecule has 1 aliphatic heterocycles. The molecule has 1 heterocycles. The largest absolute Gasteiger partial charge is 0.573 e. The molecular weight excluding hydrogens is 465 g/mol. The average molecular weight is 501 g/mol. The Kier molecular flexibility index (Phi) is 8.24. The molecule has 35 heavy (non-hydrogen) atoms. The van der Waals surface area contributed by atoms with Crippen molar-refractivity contribution in [3.05, 3.63) is 29.8 Å². The molecule has 1 saturated carbocycles. The summed E-state index contributed by atoms with van der Waals surface area (Å²) in [4.78, 5) is 27.4. The molecule has 2 aliphatic rings. The Morgan fingerprint density at radius 2 is 1.74 bits per heavy atom. The van der Waals surface area contributed by atoms with Crippen LogP contribution in [0, 0.1) is 0 Å². The summed E-state index contributed by atoms with van der Waals surface area (Å²) in [5.74, 6) is -1.78. The molecule has 1 atom stereocenters. The standard InChI is InChI=1S/C25H35F3N2O5/c1-23(2,3)29-22(32)34-18-10-14-30(15-11-18)21(31)20(24(33)12-5-4-6-13-24)17-8-7-9-19(16-17)35-25(26,27)28/h7-9,16,18,20,33H,4-6,10-15H2,1-3H3,(H,29,32). The number of halogens is 3. The lowest BCUT2D eigenvalue weighted by Gasteiger charge is -2.42. The fourth-order valence-electron chi connectivity index (χ4n) is 4.89. The lowest BCUT2D eigenvalue weighted by atomic mass is 9.72. The van der Waals surface area contributed by atoms with Crippen LogP contribution < -0.4 is 10.1 Å². The molecule has 196 valence electrons. The minimum Gasteiger partial charge on any atom is -0.446 e. The molecule has 1 aromatic carbocycles. The number of hydrogen-bond acceptors (Lipinski definition) is 5. The summed E-state index contributed by atoms with van der Waals surface area (Å²) in [5, 5.41) is 14.2. The van der Waals surface area contributed by atoms with Gasteiger partial charge in [-0.25, -0.2) is 4.79 Å². The van der Waals surface area contributed by atoms with Gasteiger partial charge in [0.2, 0.25) is 5.91 Å². The van der Waals surface area contributed by atoms with Gasteiger partial charge >= 0.3 is 12.5 Å². The molecule has 0 bridgehead atoms. The third kappa shape index (κ3) is 7.75. The summed E-state index contributed by atoms with van der Waals surface area (Å²) in [6, 6.07) is 5.33. The van der Waals surface area contributed by atoms with Gasteiger partial charge in [-0.2, -0.15) is 0 Å². The van der Waals surface area contributed by atoms with Gasteiger partial charge in [0, 0.05) is 31.5 Å².